The number of aryl methyl sites for hydroxylation is 1. The minimum atomic E-state index is -0.810. The van der Waals surface area contributed by atoms with Gasteiger partial charge in [-0.15, -0.1) is 0 Å². The van der Waals surface area contributed by atoms with Crippen LogP contribution in [0, 0.1) is 10.1 Å². The van der Waals surface area contributed by atoms with Crippen molar-refractivity contribution in [3.8, 4) is 0 Å². The molecular weight excluding hydrogens is 358 g/mol. The van der Waals surface area contributed by atoms with Crippen LogP contribution in [-0.2, 0) is 13.1 Å². The van der Waals surface area contributed by atoms with E-state index in [9.17, 15) is 19.7 Å². The highest BCUT2D eigenvalue weighted by Crippen LogP contribution is 2.19. The Labute approximate surface area is 151 Å². The molecule has 3 N–H and O–H groups in total. The predicted octanol–water partition coefficient (Wildman–Crippen LogP) is 1.31. The molecule has 12 nitrogen and oxygen atoms in total. The third-order valence-electron chi connectivity index (χ3n) is 3.60. The predicted molar refractivity (Wildman–Crippen MR) is 91.0 cm³/mol. The zero-order valence-electron chi connectivity index (χ0n) is 14.1. The molecule has 0 bridgehead atoms. The maximum absolute atomic E-state index is 12.4. The molecule has 0 aromatic carbocycles. The van der Waals surface area contributed by atoms with E-state index in [1.54, 1.807) is 12.1 Å². The maximum Gasteiger partial charge on any atom is 0.319 e. The summed E-state index contributed by atoms with van der Waals surface area (Å²) in [6, 6.07) is 3.39. The molecule has 0 fully saturated rings. The lowest BCUT2D eigenvalue weighted by Crippen LogP contribution is -2.25. The molecule has 0 saturated heterocycles. The van der Waals surface area contributed by atoms with Gasteiger partial charge in [-0.3, -0.25) is 29.5 Å². The molecule has 0 aliphatic rings. The lowest BCUT2D eigenvalue weighted by molar-refractivity contribution is -0.385. The summed E-state index contributed by atoms with van der Waals surface area (Å²) in [6.45, 7) is 2.41. The molecule has 3 aromatic heterocycles. The third kappa shape index (κ3) is 3.84. The van der Waals surface area contributed by atoms with Crippen molar-refractivity contribution in [2.24, 2.45) is 0 Å². The molecule has 0 saturated carbocycles. The van der Waals surface area contributed by atoms with E-state index in [2.05, 4.69) is 25.9 Å². The van der Waals surface area contributed by atoms with E-state index < -0.39 is 22.4 Å². The zero-order chi connectivity index (χ0) is 19.4. The molecule has 0 unspecified atom stereocenters. The van der Waals surface area contributed by atoms with Crippen molar-refractivity contribution >= 4 is 23.2 Å². The molecule has 0 spiro atoms. The van der Waals surface area contributed by atoms with Crippen LogP contribution in [-0.4, -0.2) is 36.7 Å². The summed E-state index contributed by atoms with van der Waals surface area (Å²) >= 11 is 0. The molecule has 27 heavy (non-hydrogen) atoms. The van der Waals surface area contributed by atoms with E-state index in [0.717, 1.165) is 6.20 Å². The average molecular weight is 373 g/mol. The lowest BCUT2D eigenvalue weighted by Gasteiger charge is -2.04. The van der Waals surface area contributed by atoms with Gasteiger partial charge in [0.2, 0.25) is 5.69 Å². The fourth-order valence-corrected chi connectivity index (χ4v) is 2.28. The topological polar surface area (TPSA) is 161 Å². The first kappa shape index (κ1) is 17.8. The quantitative estimate of drug-likeness (QED) is 0.415. The third-order valence-corrected chi connectivity index (χ3v) is 3.60. The van der Waals surface area contributed by atoms with Gasteiger partial charge in [-0.2, -0.15) is 10.2 Å². The number of furan rings is 1. The van der Waals surface area contributed by atoms with Gasteiger partial charge in [-0.1, -0.05) is 0 Å². The van der Waals surface area contributed by atoms with E-state index in [1.165, 1.54) is 17.1 Å². The van der Waals surface area contributed by atoms with E-state index in [-0.39, 0.29) is 23.6 Å². The molecule has 0 atom stereocenters. The van der Waals surface area contributed by atoms with Crippen molar-refractivity contribution in [2.45, 2.75) is 20.0 Å². The first-order chi connectivity index (χ1) is 13.0. The normalized spacial score (nSPS) is 10.6. The number of carbonyl (C=O) groups is 2. The van der Waals surface area contributed by atoms with Gasteiger partial charge in [0.05, 0.1) is 23.4 Å². The number of nitrogens with zero attached hydrogens (tertiary/aromatic N) is 4. The highest BCUT2D eigenvalue weighted by molar-refractivity contribution is 6.08. The van der Waals surface area contributed by atoms with Crippen molar-refractivity contribution in [3.05, 3.63) is 58.1 Å². The zero-order valence-corrected chi connectivity index (χ0v) is 14.1. The van der Waals surface area contributed by atoms with E-state index >= 15 is 0 Å². The molecule has 0 radical (unpaired) electrons. The summed E-state index contributed by atoms with van der Waals surface area (Å²) in [6.07, 6.45) is 3.87. The Kier molecular flexibility index (Phi) is 4.97. The number of nitrogens with one attached hydrogen (secondary N) is 3. The fourth-order valence-electron chi connectivity index (χ4n) is 2.28. The summed E-state index contributed by atoms with van der Waals surface area (Å²) in [5.74, 6) is -0.792. The largest absolute Gasteiger partial charge is 0.467 e. The van der Waals surface area contributed by atoms with Gasteiger partial charge >= 0.3 is 5.69 Å². The van der Waals surface area contributed by atoms with Crippen molar-refractivity contribution in [2.75, 3.05) is 5.32 Å². The van der Waals surface area contributed by atoms with E-state index in [0.29, 0.717) is 12.3 Å². The SMILES string of the molecule is CCn1cc(NC(=O)c2[nH]ncc2[N+](=O)[O-])c(C(=O)NCc2ccco2)n1. The number of aromatic nitrogens is 4. The number of hydrogen-bond donors (Lipinski definition) is 3. The highest BCUT2D eigenvalue weighted by atomic mass is 16.6. The van der Waals surface area contributed by atoms with Crippen LogP contribution in [0.15, 0.2) is 35.2 Å². The summed E-state index contributed by atoms with van der Waals surface area (Å²) in [7, 11) is 0. The molecule has 3 heterocycles. The Morgan fingerprint density at radius 2 is 2.22 bits per heavy atom. The van der Waals surface area contributed by atoms with Gasteiger partial charge in [0.15, 0.2) is 5.69 Å². The smallest absolute Gasteiger partial charge is 0.319 e. The van der Waals surface area contributed by atoms with Gasteiger partial charge < -0.3 is 15.1 Å². The number of H-pyrrole nitrogens is 1. The second kappa shape index (κ2) is 7.51. The van der Waals surface area contributed by atoms with Gasteiger partial charge in [-0.25, -0.2) is 0 Å². The van der Waals surface area contributed by atoms with Crippen molar-refractivity contribution in [1.82, 2.24) is 25.3 Å². The number of aromatic amines is 1. The minimum absolute atomic E-state index is 0.0288. The molecule has 12 heteroatoms. The Bertz CT molecular complexity index is 973. The van der Waals surface area contributed by atoms with Gasteiger partial charge in [-0.05, 0) is 19.1 Å². The summed E-state index contributed by atoms with van der Waals surface area (Å²) < 4.78 is 6.60. The van der Waals surface area contributed by atoms with Crippen molar-refractivity contribution in [1.29, 1.82) is 0 Å². The number of amides is 2. The van der Waals surface area contributed by atoms with Crippen LogP contribution in [0.25, 0.3) is 0 Å². The Balaban J connectivity index is 1.79. The maximum atomic E-state index is 12.4. The standard InChI is InChI=1S/C15H15N7O5/c1-2-21-8-10(18-15(24)13-11(22(25)26)7-17-19-13)12(20-21)14(23)16-6-9-4-3-5-27-9/h3-5,7-8H,2,6H2,1H3,(H,16,23)(H,17,19)(H,18,24). The Morgan fingerprint density at radius 1 is 1.41 bits per heavy atom. The van der Waals surface area contributed by atoms with Gasteiger partial charge in [0.25, 0.3) is 11.8 Å². The number of carbonyl (C=O) groups excluding carboxylic acids is 2. The summed E-state index contributed by atoms with van der Waals surface area (Å²) in [5, 5.41) is 25.9. The van der Waals surface area contributed by atoms with Crippen LogP contribution in [0.1, 0.15) is 33.7 Å². The van der Waals surface area contributed by atoms with E-state index in [4.69, 9.17) is 4.42 Å². The summed E-state index contributed by atoms with van der Waals surface area (Å²) in [4.78, 5) is 35.0. The fraction of sp³-hybridized carbons (Fsp3) is 0.200. The molecule has 140 valence electrons. The first-order valence-corrected chi connectivity index (χ1v) is 7.86. The second-order valence-corrected chi connectivity index (χ2v) is 5.35. The molecule has 3 aromatic rings. The summed E-state index contributed by atoms with van der Waals surface area (Å²) in [5.41, 5.74) is -0.716. The van der Waals surface area contributed by atoms with Crippen molar-refractivity contribution in [3.63, 3.8) is 0 Å². The minimum Gasteiger partial charge on any atom is -0.467 e. The van der Waals surface area contributed by atoms with Gasteiger partial charge in [0, 0.05) is 12.7 Å². The Morgan fingerprint density at radius 3 is 2.89 bits per heavy atom. The Hall–Kier alpha value is -3.96. The average Bonchev–Trinajstić information content (AvgIpc) is 3.38. The van der Waals surface area contributed by atoms with Crippen LogP contribution >= 0.6 is 0 Å². The first-order valence-electron chi connectivity index (χ1n) is 7.86. The lowest BCUT2D eigenvalue weighted by atomic mass is 10.3. The number of nitro groups is 1. The monoisotopic (exact) mass is 373 g/mol. The molecular formula is C15H15N7O5. The molecule has 0 aliphatic heterocycles. The molecule has 0 aliphatic carbocycles. The second-order valence-electron chi connectivity index (χ2n) is 5.35. The van der Waals surface area contributed by atoms with E-state index in [1.807, 2.05) is 6.92 Å². The van der Waals surface area contributed by atoms with Crippen molar-refractivity contribution < 1.29 is 18.9 Å². The number of rotatable bonds is 7. The molecule has 2 amide bonds. The van der Waals surface area contributed by atoms with Crippen LogP contribution in [0.4, 0.5) is 11.4 Å². The van der Waals surface area contributed by atoms with Crippen LogP contribution in [0.3, 0.4) is 0 Å². The number of hydrogen-bond acceptors (Lipinski definition) is 7. The molecule has 3 rings (SSSR count). The van der Waals surface area contributed by atoms with Gasteiger partial charge in [0.1, 0.15) is 12.0 Å². The van der Waals surface area contributed by atoms with Crippen LogP contribution < -0.4 is 10.6 Å². The van der Waals surface area contributed by atoms with Crippen LogP contribution in [0.5, 0.6) is 0 Å². The van der Waals surface area contributed by atoms with Crippen LogP contribution in [0.2, 0.25) is 0 Å². The highest BCUT2D eigenvalue weighted by Gasteiger charge is 2.25. The number of anilines is 1.